The number of para-hydroxylation sites is 2. The van der Waals surface area contributed by atoms with E-state index in [9.17, 15) is 0 Å². The van der Waals surface area contributed by atoms with Gasteiger partial charge in [-0.15, -0.1) is 20.4 Å². The summed E-state index contributed by atoms with van der Waals surface area (Å²) in [5.74, 6) is 3.33. The van der Waals surface area contributed by atoms with Crippen LogP contribution in [0.3, 0.4) is 0 Å². The summed E-state index contributed by atoms with van der Waals surface area (Å²) in [7, 11) is 0. The van der Waals surface area contributed by atoms with E-state index in [4.69, 9.17) is 0 Å². The van der Waals surface area contributed by atoms with Crippen LogP contribution in [0.25, 0.3) is 79.2 Å². The molecule has 0 unspecified atom stereocenters. The predicted octanol–water partition coefficient (Wildman–Crippen LogP) is 15.1. The maximum atomic E-state index is 4.63. The smallest absolute Gasteiger partial charge is 0.168 e. The Kier molecular flexibility index (Phi) is 13.7. The zero-order valence-electron chi connectivity index (χ0n) is 35.0. The second kappa shape index (κ2) is 19.8. The minimum Gasteiger partial charge on any atom is -0.275 e. The van der Waals surface area contributed by atoms with E-state index < -0.39 is 0 Å². The molecule has 6 heteroatoms. The molecule has 2 heterocycles. The Morgan fingerprint density at radius 2 is 0.484 bits per heavy atom. The first-order chi connectivity index (χ1) is 30.4. The molecule has 10 rings (SSSR count). The fourth-order valence-corrected chi connectivity index (χ4v) is 7.55. The first kappa shape index (κ1) is 44.1. The minimum absolute atomic E-state index is 0. The van der Waals surface area contributed by atoms with Crippen molar-refractivity contribution in [1.29, 1.82) is 0 Å². The minimum atomic E-state index is 0. The highest BCUT2D eigenvalue weighted by atomic mass is 15.3. The molecule has 0 atom stereocenters. The Bertz CT molecular complexity index is 2970. The summed E-state index contributed by atoms with van der Waals surface area (Å²) in [6.07, 6.45) is 0. The Morgan fingerprint density at radius 1 is 0.266 bits per heavy atom. The quantitative estimate of drug-likeness (QED) is 0.153. The summed E-state index contributed by atoms with van der Waals surface area (Å²) in [5, 5.41) is 18.3. The average molecular weight is 835 g/mol. The van der Waals surface area contributed by atoms with Crippen molar-refractivity contribution in [3.05, 3.63) is 230 Å². The average Bonchev–Trinajstić information content (AvgIpc) is 4.00. The van der Waals surface area contributed by atoms with Gasteiger partial charge in [-0.2, -0.15) is 0 Å². The topological polar surface area (TPSA) is 61.4 Å². The molecule has 6 nitrogen and oxygen atoms in total. The lowest BCUT2D eigenvalue weighted by molar-refractivity contribution is 0.590. The van der Waals surface area contributed by atoms with Crippen LogP contribution >= 0.6 is 0 Å². The van der Waals surface area contributed by atoms with Crippen LogP contribution in [-0.2, 0) is 5.41 Å². The molecule has 0 saturated carbocycles. The van der Waals surface area contributed by atoms with Crippen molar-refractivity contribution >= 4 is 0 Å². The molecule has 316 valence electrons. The van der Waals surface area contributed by atoms with Crippen LogP contribution < -0.4 is 0 Å². The molecular weight excluding hydrogens is 781 g/mol. The van der Waals surface area contributed by atoms with Crippen LogP contribution in [0.2, 0.25) is 0 Å². The van der Waals surface area contributed by atoms with Crippen LogP contribution in [0.4, 0.5) is 0 Å². The molecule has 0 bridgehead atoms. The zero-order chi connectivity index (χ0) is 42.3. The zero-order valence-corrected chi connectivity index (χ0v) is 35.0. The van der Waals surface area contributed by atoms with Gasteiger partial charge in [0.25, 0.3) is 0 Å². The Balaban J connectivity index is 0.000000187. The lowest BCUT2D eigenvalue weighted by atomic mass is 9.86. The van der Waals surface area contributed by atoms with Crippen molar-refractivity contribution in [2.24, 2.45) is 0 Å². The van der Waals surface area contributed by atoms with Gasteiger partial charge in [-0.3, -0.25) is 9.13 Å². The third-order valence-corrected chi connectivity index (χ3v) is 10.9. The Labute approximate surface area is 378 Å². The third-order valence-electron chi connectivity index (χ3n) is 10.9. The van der Waals surface area contributed by atoms with Crippen LogP contribution in [0.1, 0.15) is 41.2 Å². The molecule has 0 saturated heterocycles. The molecule has 8 aromatic carbocycles. The second-order valence-electron chi connectivity index (χ2n) is 16.1. The predicted molar refractivity (Wildman–Crippen MR) is 267 cm³/mol. The second-order valence-corrected chi connectivity index (χ2v) is 16.1. The summed E-state index contributed by atoms with van der Waals surface area (Å²) in [4.78, 5) is 0. The van der Waals surface area contributed by atoms with E-state index in [0.717, 1.165) is 56.9 Å². The van der Waals surface area contributed by atoms with Crippen LogP contribution in [0.15, 0.2) is 224 Å². The standard InChI is InChI=1S/C30H27N3.C26H19N3.2CH4/c1-30(2,3)26-20-18-25(19-21-26)29-32-31-28(33(29)27-12-8-5-9-13-27)24-16-14-23(15-17-24)22-10-6-4-7-11-22;1-4-10-20(11-5-1)21-16-18-23(19-17-21)26-28-27-25(22-12-6-2-7-13-22)29(26)24-14-8-3-9-15-24;;/h4-21H,1-3H3;1-19H;2*1H4. The van der Waals surface area contributed by atoms with Crippen LogP contribution in [-0.4, -0.2) is 29.5 Å². The summed E-state index contributed by atoms with van der Waals surface area (Å²) in [5.41, 5.74) is 12.4. The first-order valence-electron chi connectivity index (χ1n) is 20.9. The lowest BCUT2D eigenvalue weighted by Crippen LogP contribution is -2.10. The maximum absolute atomic E-state index is 4.63. The number of hydrogen-bond donors (Lipinski definition) is 0. The normalized spacial score (nSPS) is 10.8. The molecular formula is C58H54N6. The fraction of sp³-hybridized carbons (Fsp3) is 0.103. The van der Waals surface area contributed by atoms with Crippen molar-refractivity contribution in [2.45, 2.75) is 41.0 Å². The van der Waals surface area contributed by atoms with Crippen molar-refractivity contribution in [2.75, 3.05) is 0 Å². The van der Waals surface area contributed by atoms with Crippen LogP contribution in [0.5, 0.6) is 0 Å². The molecule has 2 aromatic heterocycles. The van der Waals surface area contributed by atoms with E-state index in [0.29, 0.717) is 0 Å². The van der Waals surface area contributed by atoms with E-state index in [-0.39, 0.29) is 20.3 Å². The van der Waals surface area contributed by atoms with E-state index in [1.165, 1.54) is 27.8 Å². The fourth-order valence-electron chi connectivity index (χ4n) is 7.55. The van der Waals surface area contributed by atoms with E-state index in [2.05, 4.69) is 208 Å². The van der Waals surface area contributed by atoms with Gasteiger partial charge in [0.05, 0.1) is 0 Å². The van der Waals surface area contributed by atoms with Gasteiger partial charge in [0.1, 0.15) is 0 Å². The van der Waals surface area contributed by atoms with Gasteiger partial charge in [-0.05, 0) is 57.5 Å². The van der Waals surface area contributed by atoms with Gasteiger partial charge in [0, 0.05) is 33.6 Å². The van der Waals surface area contributed by atoms with Crippen LogP contribution in [0, 0.1) is 0 Å². The summed E-state index contributed by atoms with van der Waals surface area (Å²) >= 11 is 0. The van der Waals surface area contributed by atoms with Crippen molar-refractivity contribution in [3.63, 3.8) is 0 Å². The van der Waals surface area contributed by atoms with Gasteiger partial charge in [-0.1, -0.05) is 236 Å². The van der Waals surface area contributed by atoms with Gasteiger partial charge in [0.2, 0.25) is 0 Å². The Morgan fingerprint density at radius 3 is 0.781 bits per heavy atom. The number of nitrogens with zero attached hydrogens (tertiary/aromatic N) is 6. The molecule has 0 aliphatic heterocycles. The van der Waals surface area contributed by atoms with E-state index in [1.54, 1.807) is 0 Å². The molecule has 0 spiro atoms. The maximum Gasteiger partial charge on any atom is 0.168 e. The van der Waals surface area contributed by atoms with Crippen molar-refractivity contribution in [1.82, 2.24) is 29.5 Å². The molecule has 0 amide bonds. The number of rotatable bonds is 8. The highest BCUT2D eigenvalue weighted by molar-refractivity contribution is 5.73. The Hall–Kier alpha value is -7.96. The third kappa shape index (κ3) is 9.57. The number of hydrogen-bond acceptors (Lipinski definition) is 4. The molecule has 64 heavy (non-hydrogen) atoms. The summed E-state index contributed by atoms with van der Waals surface area (Å²) in [6, 6.07) is 77.2. The number of aromatic nitrogens is 6. The summed E-state index contributed by atoms with van der Waals surface area (Å²) < 4.78 is 4.26. The molecule has 0 radical (unpaired) electrons. The van der Waals surface area contributed by atoms with Gasteiger partial charge in [0.15, 0.2) is 23.3 Å². The summed E-state index contributed by atoms with van der Waals surface area (Å²) in [6.45, 7) is 6.68. The first-order valence-corrected chi connectivity index (χ1v) is 20.9. The molecule has 0 fully saturated rings. The molecule has 0 N–H and O–H groups in total. The van der Waals surface area contributed by atoms with E-state index in [1.807, 2.05) is 66.7 Å². The SMILES string of the molecule is C.C.CC(C)(C)c1ccc(-c2nnc(-c3ccc(-c4ccccc4)cc3)n2-c2ccccc2)cc1.c1ccc(-c2ccc(-c3nnc(-c4ccccc4)n3-c3ccccc3)cc2)cc1. The highest BCUT2D eigenvalue weighted by Crippen LogP contribution is 2.33. The van der Waals surface area contributed by atoms with Gasteiger partial charge >= 0.3 is 0 Å². The van der Waals surface area contributed by atoms with E-state index >= 15 is 0 Å². The molecule has 10 aromatic rings. The lowest BCUT2D eigenvalue weighted by Gasteiger charge is -2.19. The van der Waals surface area contributed by atoms with Crippen molar-refractivity contribution in [3.8, 4) is 79.2 Å². The monoisotopic (exact) mass is 834 g/mol. The number of benzene rings is 8. The van der Waals surface area contributed by atoms with Gasteiger partial charge < -0.3 is 0 Å². The molecule has 0 aliphatic rings. The largest absolute Gasteiger partial charge is 0.275 e. The van der Waals surface area contributed by atoms with Gasteiger partial charge in [-0.25, -0.2) is 0 Å². The molecule has 0 aliphatic carbocycles. The van der Waals surface area contributed by atoms with Crippen molar-refractivity contribution < 1.29 is 0 Å². The highest BCUT2D eigenvalue weighted by Gasteiger charge is 2.20.